The summed E-state index contributed by atoms with van der Waals surface area (Å²) in [4.78, 5) is 12.5. The first-order valence-corrected chi connectivity index (χ1v) is 9.21. The molecule has 0 amide bonds. The van der Waals surface area contributed by atoms with Crippen molar-refractivity contribution in [3.8, 4) is 28.6 Å². The largest absolute Gasteiger partial charge is 0.508 e. The lowest BCUT2D eigenvalue weighted by molar-refractivity contribution is -0.268. The molecule has 1 aromatic heterocycles. The van der Waals surface area contributed by atoms with Crippen molar-refractivity contribution in [3.63, 3.8) is 0 Å². The van der Waals surface area contributed by atoms with E-state index in [1.807, 2.05) is 0 Å². The third kappa shape index (κ3) is 3.59. The SMILES string of the molecule is C[C@H]1O[C@@H](Oc2cc(O)c3c(=O)cc(-c4ccc(O)cc4)oc3c2)[C@@H](O)[C@@H](O)[C@@H]1O. The zero-order valence-corrected chi connectivity index (χ0v) is 15.8. The molecule has 9 heteroatoms. The zero-order chi connectivity index (χ0) is 21.6. The maximum atomic E-state index is 12.5. The highest BCUT2D eigenvalue weighted by molar-refractivity contribution is 5.86. The normalized spacial score (nSPS) is 26.6. The summed E-state index contributed by atoms with van der Waals surface area (Å²) in [7, 11) is 0. The minimum absolute atomic E-state index is 0.0193. The van der Waals surface area contributed by atoms with Gasteiger partial charge in [-0.15, -0.1) is 0 Å². The summed E-state index contributed by atoms with van der Waals surface area (Å²) < 4.78 is 16.7. The molecule has 0 unspecified atom stereocenters. The van der Waals surface area contributed by atoms with Crippen LogP contribution in [0.2, 0.25) is 0 Å². The van der Waals surface area contributed by atoms with Gasteiger partial charge in [0.1, 0.15) is 52.3 Å². The first kappa shape index (κ1) is 20.2. The van der Waals surface area contributed by atoms with Gasteiger partial charge in [-0.05, 0) is 31.2 Å². The summed E-state index contributed by atoms with van der Waals surface area (Å²) in [6.07, 6.45) is -6.42. The molecule has 0 spiro atoms. The Kier molecular flexibility index (Phi) is 5.12. The Labute approximate surface area is 170 Å². The minimum Gasteiger partial charge on any atom is -0.508 e. The maximum Gasteiger partial charge on any atom is 0.229 e. The van der Waals surface area contributed by atoms with E-state index in [4.69, 9.17) is 13.9 Å². The topological polar surface area (TPSA) is 150 Å². The third-order valence-electron chi connectivity index (χ3n) is 5.00. The summed E-state index contributed by atoms with van der Waals surface area (Å²) in [6.45, 7) is 1.51. The first-order chi connectivity index (χ1) is 14.2. The molecule has 30 heavy (non-hydrogen) atoms. The van der Waals surface area contributed by atoms with Crippen molar-refractivity contribution in [2.45, 2.75) is 37.6 Å². The summed E-state index contributed by atoms with van der Waals surface area (Å²) in [5.41, 5.74) is 0.0820. The van der Waals surface area contributed by atoms with Crippen LogP contribution in [0.3, 0.4) is 0 Å². The molecule has 2 heterocycles. The van der Waals surface area contributed by atoms with E-state index in [1.165, 1.54) is 31.2 Å². The van der Waals surface area contributed by atoms with E-state index in [1.54, 1.807) is 12.1 Å². The molecule has 1 aliphatic heterocycles. The number of phenolic OH excluding ortho intramolecular Hbond substituents is 2. The monoisotopic (exact) mass is 416 g/mol. The second kappa shape index (κ2) is 7.62. The van der Waals surface area contributed by atoms with Crippen LogP contribution in [0.25, 0.3) is 22.3 Å². The van der Waals surface area contributed by atoms with E-state index >= 15 is 0 Å². The predicted octanol–water partition coefficient (Wildman–Crippen LogP) is 1.08. The number of hydrogen-bond acceptors (Lipinski definition) is 9. The Hall–Kier alpha value is -3.11. The quantitative estimate of drug-likeness (QED) is 0.423. The van der Waals surface area contributed by atoms with E-state index < -0.39 is 41.9 Å². The fourth-order valence-corrected chi connectivity index (χ4v) is 3.32. The number of benzene rings is 2. The fourth-order valence-electron chi connectivity index (χ4n) is 3.32. The van der Waals surface area contributed by atoms with Gasteiger partial charge in [0.25, 0.3) is 0 Å². The summed E-state index contributed by atoms with van der Waals surface area (Å²) in [6, 6.07) is 9.76. The Morgan fingerprint density at radius 3 is 2.33 bits per heavy atom. The van der Waals surface area contributed by atoms with Gasteiger partial charge in [-0.25, -0.2) is 0 Å². The predicted molar refractivity (Wildman–Crippen MR) is 104 cm³/mol. The number of phenols is 2. The Morgan fingerprint density at radius 1 is 0.933 bits per heavy atom. The molecule has 3 aromatic rings. The molecule has 0 aliphatic carbocycles. The van der Waals surface area contributed by atoms with Crippen LogP contribution in [0.15, 0.2) is 51.7 Å². The Morgan fingerprint density at radius 2 is 1.63 bits per heavy atom. The lowest BCUT2D eigenvalue weighted by atomic mass is 10.00. The van der Waals surface area contributed by atoms with Gasteiger partial charge in [0.15, 0.2) is 5.43 Å². The van der Waals surface area contributed by atoms with Crippen LogP contribution in [0, 0.1) is 0 Å². The van der Waals surface area contributed by atoms with Gasteiger partial charge in [0.2, 0.25) is 6.29 Å². The van der Waals surface area contributed by atoms with Gasteiger partial charge >= 0.3 is 0 Å². The molecule has 0 saturated carbocycles. The molecule has 1 fully saturated rings. The van der Waals surface area contributed by atoms with E-state index in [9.17, 15) is 30.3 Å². The van der Waals surface area contributed by atoms with Crippen molar-refractivity contribution in [2.75, 3.05) is 0 Å². The second-order valence-electron chi connectivity index (χ2n) is 7.14. The molecule has 1 saturated heterocycles. The highest BCUT2D eigenvalue weighted by atomic mass is 16.7. The van der Waals surface area contributed by atoms with Gasteiger partial charge in [-0.1, -0.05) is 0 Å². The summed E-state index contributed by atoms with van der Waals surface area (Å²) >= 11 is 0. The lowest BCUT2D eigenvalue weighted by Gasteiger charge is -2.38. The highest BCUT2D eigenvalue weighted by Crippen LogP contribution is 2.33. The third-order valence-corrected chi connectivity index (χ3v) is 5.00. The Bertz CT molecular complexity index is 1120. The molecule has 5 atom stereocenters. The molecule has 5 N–H and O–H groups in total. The van der Waals surface area contributed by atoms with Gasteiger partial charge < -0.3 is 39.4 Å². The number of fused-ring (bicyclic) bond motifs is 1. The van der Waals surface area contributed by atoms with Gasteiger partial charge in [0.05, 0.1) is 6.10 Å². The summed E-state index contributed by atoms with van der Waals surface area (Å²) in [5.74, 6) is -0.105. The molecule has 2 aromatic carbocycles. The van der Waals surface area contributed by atoms with Crippen molar-refractivity contribution >= 4 is 11.0 Å². The van der Waals surface area contributed by atoms with Gasteiger partial charge in [-0.2, -0.15) is 0 Å². The van der Waals surface area contributed by atoms with Crippen LogP contribution in [-0.2, 0) is 4.74 Å². The number of aliphatic hydroxyl groups is 3. The molecule has 1 aliphatic rings. The standard InChI is InChI=1S/C21H20O9/c1-9-18(25)19(26)20(27)21(28-9)29-12-6-13(23)17-14(24)8-15(30-16(17)7-12)10-2-4-11(22)5-3-10/h2-9,18-23,25-27H,1H3/t9-,18-,19+,20+,21+/m1/s1. The van der Waals surface area contributed by atoms with E-state index in [0.717, 1.165) is 6.07 Å². The van der Waals surface area contributed by atoms with E-state index in [0.29, 0.717) is 5.56 Å². The fraction of sp³-hybridized carbons (Fsp3) is 0.286. The van der Waals surface area contributed by atoms with Gasteiger partial charge in [0, 0.05) is 23.8 Å². The second-order valence-corrected chi connectivity index (χ2v) is 7.14. The van der Waals surface area contributed by atoms with Crippen molar-refractivity contribution in [2.24, 2.45) is 0 Å². The average molecular weight is 416 g/mol. The molecule has 4 rings (SSSR count). The first-order valence-electron chi connectivity index (χ1n) is 9.21. The Balaban J connectivity index is 1.72. The molecular formula is C21H20O9. The van der Waals surface area contributed by atoms with Crippen LogP contribution in [0.4, 0.5) is 0 Å². The number of ether oxygens (including phenoxy) is 2. The smallest absolute Gasteiger partial charge is 0.229 e. The highest BCUT2D eigenvalue weighted by Gasteiger charge is 2.43. The van der Waals surface area contributed by atoms with Crippen LogP contribution in [0.1, 0.15) is 6.92 Å². The molecule has 158 valence electrons. The maximum absolute atomic E-state index is 12.5. The van der Waals surface area contributed by atoms with Crippen LogP contribution in [0.5, 0.6) is 17.2 Å². The van der Waals surface area contributed by atoms with E-state index in [-0.39, 0.29) is 28.2 Å². The number of aliphatic hydroxyl groups excluding tert-OH is 3. The number of aromatic hydroxyl groups is 2. The lowest BCUT2D eigenvalue weighted by Crippen LogP contribution is -2.58. The van der Waals surface area contributed by atoms with Crippen molar-refractivity contribution in [1.82, 2.24) is 0 Å². The van der Waals surface area contributed by atoms with Crippen LogP contribution in [-0.4, -0.2) is 56.2 Å². The average Bonchev–Trinajstić information content (AvgIpc) is 2.70. The van der Waals surface area contributed by atoms with Crippen molar-refractivity contribution in [1.29, 1.82) is 0 Å². The van der Waals surface area contributed by atoms with Gasteiger partial charge in [-0.3, -0.25) is 4.79 Å². The number of hydrogen-bond donors (Lipinski definition) is 5. The zero-order valence-electron chi connectivity index (χ0n) is 15.8. The van der Waals surface area contributed by atoms with Crippen molar-refractivity contribution < 1.29 is 39.4 Å². The van der Waals surface area contributed by atoms with E-state index in [2.05, 4.69) is 0 Å². The summed E-state index contributed by atoms with van der Waals surface area (Å²) in [5, 5.41) is 49.5. The molecular weight excluding hydrogens is 396 g/mol. The molecule has 9 nitrogen and oxygen atoms in total. The minimum atomic E-state index is -1.54. The van der Waals surface area contributed by atoms with Crippen LogP contribution < -0.4 is 10.2 Å². The van der Waals surface area contributed by atoms with Crippen molar-refractivity contribution in [3.05, 3.63) is 52.7 Å². The van der Waals surface area contributed by atoms with Crippen LogP contribution >= 0.6 is 0 Å². The number of rotatable bonds is 3. The molecule has 0 bridgehead atoms. The molecule has 0 radical (unpaired) electrons.